The SMILES string of the molecule is NC1CCN(Cc2ccc(I)c(Br)c2)C1. The number of likely N-dealkylation sites (tertiary alicyclic amines) is 1. The Morgan fingerprint density at radius 3 is 2.93 bits per heavy atom. The highest BCUT2D eigenvalue weighted by atomic mass is 127. The van der Waals surface area contributed by atoms with Crippen molar-refractivity contribution in [1.29, 1.82) is 0 Å². The third kappa shape index (κ3) is 3.15. The molecule has 0 aromatic heterocycles. The van der Waals surface area contributed by atoms with E-state index in [9.17, 15) is 0 Å². The highest BCUT2D eigenvalue weighted by Crippen LogP contribution is 2.21. The van der Waals surface area contributed by atoms with Gasteiger partial charge in [0.05, 0.1) is 0 Å². The van der Waals surface area contributed by atoms with E-state index in [1.54, 1.807) is 0 Å². The highest BCUT2D eigenvalue weighted by molar-refractivity contribution is 14.1. The lowest BCUT2D eigenvalue weighted by atomic mass is 10.2. The second-order valence-electron chi connectivity index (χ2n) is 4.03. The third-order valence-corrected chi connectivity index (χ3v) is 5.04. The van der Waals surface area contributed by atoms with E-state index >= 15 is 0 Å². The first kappa shape index (κ1) is 11.8. The fourth-order valence-corrected chi connectivity index (χ4v) is 2.66. The van der Waals surface area contributed by atoms with E-state index in [4.69, 9.17) is 5.73 Å². The van der Waals surface area contributed by atoms with Crippen LogP contribution in [0.3, 0.4) is 0 Å². The van der Waals surface area contributed by atoms with Crippen molar-refractivity contribution in [1.82, 2.24) is 4.90 Å². The Bertz CT molecular complexity index is 356. The summed E-state index contributed by atoms with van der Waals surface area (Å²) in [4.78, 5) is 2.42. The van der Waals surface area contributed by atoms with Crippen LogP contribution in [-0.2, 0) is 6.54 Å². The fraction of sp³-hybridized carbons (Fsp3) is 0.455. The number of hydrogen-bond acceptors (Lipinski definition) is 2. The normalized spacial score (nSPS) is 22.2. The van der Waals surface area contributed by atoms with E-state index in [-0.39, 0.29) is 0 Å². The molecule has 0 saturated carbocycles. The number of hydrogen-bond donors (Lipinski definition) is 1. The van der Waals surface area contributed by atoms with Crippen LogP contribution in [0.25, 0.3) is 0 Å². The van der Waals surface area contributed by atoms with Crippen molar-refractivity contribution in [2.45, 2.75) is 19.0 Å². The lowest BCUT2D eigenvalue weighted by Gasteiger charge is -2.15. The number of rotatable bonds is 2. The van der Waals surface area contributed by atoms with Crippen molar-refractivity contribution in [3.8, 4) is 0 Å². The minimum atomic E-state index is 0.372. The average Bonchev–Trinajstić information content (AvgIpc) is 2.58. The number of nitrogens with two attached hydrogens (primary N) is 1. The minimum absolute atomic E-state index is 0.372. The summed E-state index contributed by atoms with van der Waals surface area (Å²) < 4.78 is 2.44. The van der Waals surface area contributed by atoms with Gasteiger partial charge >= 0.3 is 0 Å². The molecule has 0 bridgehead atoms. The first-order chi connectivity index (χ1) is 7.15. The summed E-state index contributed by atoms with van der Waals surface area (Å²) in [5.74, 6) is 0. The van der Waals surface area contributed by atoms with Gasteiger partial charge in [-0.25, -0.2) is 0 Å². The van der Waals surface area contributed by atoms with E-state index in [2.05, 4.69) is 61.6 Å². The third-order valence-electron chi connectivity index (χ3n) is 2.70. The van der Waals surface area contributed by atoms with Gasteiger partial charge in [-0.1, -0.05) is 6.07 Å². The maximum absolute atomic E-state index is 5.88. The molecule has 2 nitrogen and oxygen atoms in total. The van der Waals surface area contributed by atoms with Gasteiger partial charge in [-0.2, -0.15) is 0 Å². The van der Waals surface area contributed by atoms with Crippen LogP contribution >= 0.6 is 38.5 Å². The maximum atomic E-state index is 5.88. The summed E-state index contributed by atoms with van der Waals surface area (Å²) in [6.07, 6.45) is 1.13. The second-order valence-corrected chi connectivity index (χ2v) is 6.05. The monoisotopic (exact) mass is 380 g/mol. The van der Waals surface area contributed by atoms with Crippen molar-refractivity contribution in [3.63, 3.8) is 0 Å². The van der Waals surface area contributed by atoms with Gasteiger partial charge in [0.25, 0.3) is 0 Å². The van der Waals surface area contributed by atoms with Gasteiger partial charge in [-0.05, 0) is 62.6 Å². The fourth-order valence-electron chi connectivity index (χ4n) is 1.90. The molecule has 0 aliphatic carbocycles. The van der Waals surface area contributed by atoms with Gasteiger partial charge in [0, 0.05) is 33.7 Å². The summed E-state index contributed by atoms with van der Waals surface area (Å²) in [6.45, 7) is 3.18. The standard InChI is InChI=1S/C11H14BrIN2/c12-10-5-8(1-2-11(10)13)6-15-4-3-9(14)7-15/h1-2,5,9H,3-4,6-7,14H2. The van der Waals surface area contributed by atoms with E-state index < -0.39 is 0 Å². The zero-order valence-corrected chi connectivity index (χ0v) is 12.2. The van der Waals surface area contributed by atoms with Gasteiger partial charge in [-0.15, -0.1) is 0 Å². The Morgan fingerprint density at radius 2 is 2.33 bits per heavy atom. The molecule has 1 aliphatic heterocycles. The molecule has 1 aromatic carbocycles. The van der Waals surface area contributed by atoms with Crippen LogP contribution in [0.4, 0.5) is 0 Å². The van der Waals surface area contributed by atoms with Gasteiger partial charge in [0.1, 0.15) is 0 Å². The number of halogens is 2. The van der Waals surface area contributed by atoms with Gasteiger partial charge in [0.15, 0.2) is 0 Å². The van der Waals surface area contributed by atoms with Crippen LogP contribution in [0.15, 0.2) is 22.7 Å². The minimum Gasteiger partial charge on any atom is -0.326 e. The second kappa shape index (κ2) is 5.12. The molecule has 1 saturated heterocycles. The molecule has 1 fully saturated rings. The van der Waals surface area contributed by atoms with Crippen LogP contribution < -0.4 is 5.73 Å². The van der Waals surface area contributed by atoms with E-state index in [1.165, 1.54) is 13.6 Å². The average molecular weight is 381 g/mol. The Balaban J connectivity index is 2.02. The van der Waals surface area contributed by atoms with Gasteiger partial charge < -0.3 is 5.73 Å². The van der Waals surface area contributed by atoms with Crippen molar-refractivity contribution in [3.05, 3.63) is 31.8 Å². The van der Waals surface area contributed by atoms with E-state index in [1.807, 2.05) is 0 Å². The van der Waals surface area contributed by atoms with Crippen molar-refractivity contribution >= 4 is 38.5 Å². The number of nitrogens with zero attached hydrogens (tertiary/aromatic N) is 1. The predicted octanol–water partition coefficient (Wildman–Crippen LogP) is 2.59. The largest absolute Gasteiger partial charge is 0.326 e. The van der Waals surface area contributed by atoms with E-state index in [0.29, 0.717) is 6.04 Å². The Kier molecular flexibility index (Phi) is 4.04. The molecule has 0 amide bonds. The molecule has 15 heavy (non-hydrogen) atoms. The molecular weight excluding hydrogens is 367 g/mol. The molecule has 1 heterocycles. The quantitative estimate of drug-likeness (QED) is 0.799. The molecule has 0 radical (unpaired) electrons. The molecule has 1 atom stereocenters. The first-order valence-electron chi connectivity index (χ1n) is 5.07. The highest BCUT2D eigenvalue weighted by Gasteiger charge is 2.18. The molecule has 0 spiro atoms. The summed E-state index contributed by atoms with van der Waals surface area (Å²) in [7, 11) is 0. The van der Waals surface area contributed by atoms with Crippen molar-refractivity contribution in [2.24, 2.45) is 5.73 Å². The topological polar surface area (TPSA) is 29.3 Å². The lowest BCUT2D eigenvalue weighted by Crippen LogP contribution is -2.26. The molecule has 1 unspecified atom stereocenters. The first-order valence-corrected chi connectivity index (χ1v) is 6.94. The summed E-state index contributed by atoms with van der Waals surface area (Å²) in [5.41, 5.74) is 7.24. The van der Waals surface area contributed by atoms with Crippen LogP contribution in [0.1, 0.15) is 12.0 Å². The molecular formula is C11H14BrIN2. The zero-order chi connectivity index (χ0) is 10.8. The lowest BCUT2D eigenvalue weighted by molar-refractivity contribution is 0.327. The Labute approximate surface area is 112 Å². The van der Waals surface area contributed by atoms with Crippen LogP contribution in [0.2, 0.25) is 0 Å². The predicted molar refractivity (Wildman–Crippen MR) is 74.7 cm³/mol. The maximum Gasteiger partial charge on any atom is 0.0312 e. The zero-order valence-electron chi connectivity index (χ0n) is 8.42. The van der Waals surface area contributed by atoms with Crippen LogP contribution in [0.5, 0.6) is 0 Å². The molecule has 2 N–H and O–H groups in total. The molecule has 1 aliphatic rings. The van der Waals surface area contributed by atoms with Crippen LogP contribution in [-0.4, -0.2) is 24.0 Å². The van der Waals surface area contributed by atoms with Crippen molar-refractivity contribution in [2.75, 3.05) is 13.1 Å². The van der Waals surface area contributed by atoms with Gasteiger partial charge in [-0.3, -0.25) is 4.90 Å². The molecule has 4 heteroatoms. The smallest absolute Gasteiger partial charge is 0.0312 e. The summed E-state index contributed by atoms with van der Waals surface area (Å²) >= 11 is 5.88. The van der Waals surface area contributed by atoms with E-state index in [0.717, 1.165) is 26.1 Å². The Hall–Kier alpha value is 0.350. The van der Waals surface area contributed by atoms with Crippen molar-refractivity contribution < 1.29 is 0 Å². The Morgan fingerprint density at radius 1 is 1.53 bits per heavy atom. The summed E-state index contributed by atoms with van der Waals surface area (Å²) in [5, 5.41) is 0. The number of benzene rings is 1. The van der Waals surface area contributed by atoms with Gasteiger partial charge in [0.2, 0.25) is 0 Å². The molecule has 2 rings (SSSR count). The molecule has 82 valence electrons. The van der Waals surface area contributed by atoms with Crippen LogP contribution in [0, 0.1) is 3.57 Å². The summed E-state index contributed by atoms with van der Waals surface area (Å²) in [6, 6.07) is 6.91. The molecule has 1 aromatic rings.